The molecule has 0 aliphatic heterocycles. The number of benzene rings is 1. The van der Waals surface area contributed by atoms with E-state index in [0.717, 1.165) is 18.7 Å². The highest BCUT2D eigenvalue weighted by molar-refractivity contribution is 5.22. The van der Waals surface area contributed by atoms with Crippen molar-refractivity contribution in [2.45, 2.75) is 39.7 Å². The monoisotopic (exact) mass is 272 g/mol. The first-order valence-electron chi connectivity index (χ1n) is 7.24. The molecule has 0 saturated carbocycles. The third kappa shape index (κ3) is 3.67. The first-order valence-corrected chi connectivity index (χ1v) is 7.24. The lowest BCUT2D eigenvalue weighted by molar-refractivity contribution is 0.457. The molecule has 0 aliphatic carbocycles. The molecule has 1 aromatic heterocycles. The summed E-state index contributed by atoms with van der Waals surface area (Å²) in [5.74, 6) is 1.43. The van der Waals surface area contributed by atoms with Gasteiger partial charge in [0.2, 0.25) is 0 Å². The number of hydrogen-bond donors (Lipinski definition) is 1. The summed E-state index contributed by atoms with van der Waals surface area (Å²) in [5, 5.41) is 4.29. The van der Waals surface area contributed by atoms with Crippen molar-refractivity contribution in [2.24, 2.45) is 11.7 Å². The molecule has 2 N–H and O–H groups in total. The summed E-state index contributed by atoms with van der Waals surface area (Å²) >= 11 is 0. The van der Waals surface area contributed by atoms with Crippen molar-refractivity contribution < 1.29 is 0 Å². The maximum atomic E-state index is 5.94. The molecule has 0 fully saturated rings. The van der Waals surface area contributed by atoms with E-state index in [0.29, 0.717) is 18.5 Å². The maximum absolute atomic E-state index is 5.94. The van der Waals surface area contributed by atoms with Crippen molar-refractivity contribution in [1.82, 2.24) is 14.8 Å². The van der Waals surface area contributed by atoms with Gasteiger partial charge < -0.3 is 5.73 Å². The number of nitrogens with zero attached hydrogens (tertiary/aromatic N) is 3. The SMILES string of the molecule is Cc1cccc(CC(CN)Cc2ncnn2C(C)C)c1. The highest BCUT2D eigenvalue weighted by Crippen LogP contribution is 2.15. The smallest absolute Gasteiger partial charge is 0.138 e. The highest BCUT2D eigenvalue weighted by atomic mass is 15.3. The Morgan fingerprint density at radius 3 is 2.70 bits per heavy atom. The zero-order chi connectivity index (χ0) is 14.5. The molecular formula is C16H24N4. The van der Waals surface area contributed by atoms with Crippen LogP contribution in [0.4, 0.5) is 0 Å². The van der Waals surface area contributed by atoms with E-state index in [1.54, 1.807) is 6.33 Å². The van der Waals surface area contributed by atoms with Crippen LogP contribution in [0.15, 0.2) is 30.6 Å². The first-order chi connectivity index (χ1) is 9.60. The second-order valence-electron chi connectivity index (χ2n) is 5.71. The zero-order valence-corrected chi connectivity index (χ0v) is 12.6. The van der Waals surface area contributed by atoms with Gasteiger partial charge in [-0.15, -0.1) is 0 Å². The molecule has 2 aromatic rings. The van der Waals surface area contributed by atoms with E-state index in [9.17, 15) is 0 Å². The van der Waals surface area contributed by atoms with Crippen LogP contribution in [0.5, 0.6) is 0 Å². The van der Waals surface area contributed by atoms with Crippen LogP contribution in [0.1, 0.15) is 36.8 Å². The molecule has 0 saturated heterocycles. The third-order valence-electron chi connectivity index (χ3n) is 3.55. The number of nitrogens with two attached hydrogens (primary N) is 1. The lowest BCUT2D eigenvalue weighted by Gasteiger charge is -2.16. The van der Waals surface area contributed by atoms with Crippen molar-refractivity contribution in [2.75, 3.05) is 6.54 Å². The number of rotatable bonds is 6. The maximum Gasteiger partial charge on any atom is 0.138 e. The Morgan fingerprint density at radius 2 is 2.05 bits per heavy atom. The number of aryl methyl sites for hydroxylation is 1. The summed E-state index contributed by atoms with van der Waals surface area (Å²) in [6, 6.07) is 8.97. The number of aromatic nitrogens is 3. The fraction of sp³-hybridized carbons (Fsp3) is 0.500. The van der Waals surface area contributed by atoms with Crippen molar-refractivity contribution in [3.05, 3.63) is 47.5 Å². The quantitative estimate of drug-likeness (QED) is 0.879. The first kappa shape index (κ1) is 14.7. The lowest BCUT2D eigenvalue weighted by atomic mass is 9.95. The van der Waals surface area contributed by atoms with Crippen LogP contribution < -0.4 is 5.73 Å². The Hall–Kier alpha value is -1.68. The molecule has 2 rings (SSSR count). The fourth-order valence-corrected chi connectivity index (χ4v) is 2.52. The van der Waals surface area contributed by atoms with Crippen LogP contribution in [0.2, 0.25) is 0 Å². The van der Waals surface area contributed by atoms with E-state index in [1.807, 2.05) is 4.68 Å². The normalized spacial score (nSPS) is 12.8. The van der Waals surface area contributed by atoms with Crippen LogP contribution >= 0.6 is 0 Å². The zero-order valence-electron chi connectivity index (χ0n) is 12.6. The minimum atomic E-state index is 0.338. The molecular weight excluding hydrogens is 248 g/mol. The lowest BCUT2D eigenvalue weighted by Crippen LogP contribution is -2.22. The minimum absolute atomic E-state index is 0.338. The molecule has 4 nitrogen and oxygen atoms in total. The van der Waals surface area contributed by atoms with Crippen LogP contribution in [-0.4, -0.2) is 21.3 Å². The van der Waals surface area contributed by atoms with Crippen LogP contribution in [0.3, 0.4) is 0 Å². The van der Waals surface area contributed by atoms with Crippen molar-refractivity contribution in [3.8, 4) is 0 Å². The van der Waals surface area contributed by atoms with Gasteiger partial charge >= 0.3 is 0 Å². The fourth-order valence-electron chi connectivity index (χ4n) is 2.52. The second kappa shape index (κ2) is 6.66. The van der Waals surface area contributed by atoms with E-state index in [-0.39, 0.29) is 0 Å². The summed E-state index contributed by atoms with van der Waals surface area (Å²) < 4.78 is 1.99. The molecule has 0 radical (unpaired) electrons. The largest absolute Gasteiger partial charge is 0.330 e. The van der Waals surface area contributed by atoms with E-state index in [1.165, 1.54) is 11.1 Å². The van der Waals surface area contributed by atoms with Gasteiger partial charge in [-0.2, -0.15) is 5.10 Å². The van der Waals surface area contributed by atoms with Crippen molar-refractivity contribution in [1.29, 1.82) is 0 Å². The third-order valence-corrected chi connectivity index (χ3v) is 3.55. The van der Waals surface area contributed by atoms with Gasteiger partial charge in [-0.05, 0) is 45.2 Å². The Bertz CT molecular complexity index is 545. The summed E-state index contributed by atoms with van der Waals surface area (Å²) in [4.78, 5) is 4.38. The van der Waals surface area contributed by atoms with Gasteiger partial charge in [0.1, 0.15) is 12.2 Å². The molecule has 0 aliphatic rings. The predicted octanol–water partition coefficient (Wildman–Crippen LogP) is 2.53. The van der Waals surface area contributed by atoms with Crippen LogP contribution in [0, 0.1) is 12.8 Å². The summed E-state index contributed by atoms with van der Waals surface area (Å²) in [6.45, 7) is 7.03. The summed E-state index contributed by atoms with van der Waals surface area (Å²) in [7, 11) is 0. The van der Waals surface area contributed by atoms with Gasteiger partial charge in [-0.25, -0.2) is 9.67 Å². The second-order valence-corrected chi connectivity index (χ2v) is 5.71. The Kier molecular flexibility index (Phi) is 4.90. The van der Waals surface area contributed by atoms with E-state index in [4.69, 9.17) is 5.73 Å². The Morgan fingerprint density at radius 1 is 1.25 bits per heavy atom. The van der Waals surface area contributed by atoms with Crippen molar-refractivity contribution >= 4 is 0 Å². The van der Waals surface area contributed by atoms with Gasteiger partial charge in [-0.1, -0.05) is 29.8 Å². The molecule has 1 aromatic carbocycles. The van der Waals surface area contributed by atoms with E-state index in [2.05, 4.69) is 55.1 Å². The molecule has 1 unspecified atom stereocenters. The minimum Gasteiger partial charge on any atom is -0.330 e. The molecule has 0 bridgehead atoms. The Balaban J connectivity index is 2.07. The van der Waals surface area contributed by atoms with Gasteiger partial charge in [0.05, 0.1) is 0 Å². The topological polar surface area (TPSA) is 56.7 Å². The van der Waals surface area contributed by atoms with E-state index < -0.39 is 0 Å². The van der Waals surface area contributed by atoms with Crippen LogP contribution in [-0.2, 0) is 12.8 Å². The van der Waals surface area contributed by atoms with E-state index >= 15 is 0 Å². The standard InChI is InChI=1S/C16H24N4/c1-12(2)20-16(18-11-19-20)9-15(10-17)8-14-6-4-5-13(3)7-14/h4-7,11-12,15H,8-10,17H2,1-3H3. The van der Waals surface area contributed by atoms with Crippen molar-refractivity contribution in [3.63, 3.8) is 0 Å². The predicted molar refractivity (Wildman–Crippen MR) is 81.5 cm³/mol. The molecule has 20 heavy (non-hydrogen) atoms. The van der Waals surface area contributed by atoms with Crippen LogP contribution in [0.25, 0.3) is 0 Å². The molecule has 1 atom stereocenters. The summed E-state index contributed by atoms with van der Waals surface area (Å²) in [6.07, 6.45) is 3.50. The van der Waals surface area contributed by atoms with Gasteiger partial charge in [-0.3, -0.25) is 0 Å². The Labute approximate surface area is 121 Å². The average molecular weight is 272 g/mol. The molecule has 4 heteroatoms. The highest BCUT2D eigenvalue weighted by Gasteiger charge is 2.14. The van der Waals surface area contributed by atoms with Gasteiger partial charge in [0.15, 0.2) is 0 Å². The molecule has 0 spiro atoms. The van der Waals surface area contributed by atoms with Gasteiger partial charge in [0, 0.05) is 12.5 Å². The van der Waals surface area contributed by atoms with Gasteiger partial charge in [0.25, 0.3) is 0 Å². The molecule has 108 valence electrons. The average Bonchev–Trinajstić information content (AvgIpc) is 2.86. The summed E-state index contributed by atoms with van der Waals surface area (Å²) in [5.41, 5.74) is 8.58. The molecule has 0 amide bonds. The molecule has 1 heterocycles. The number of hydrogen-bond acceptors (Lipinski definition) is 3.